The second-order valence-electron chi connectivity index (χ2n) is 11.7. The Morgan fingerprint density at radius 1 is 0.490 bits per heavy atom. The van der Waals surface area contributed by atoms with Crippen LogP contribution in [0.5, 0.6) is 0 Å². The van der Waals surface area contributed by atoms with Gasteiger partial charge in [-0.15, -0.1) is 0 Å². The quantitative estimate of drug-likeness (QED) is 0.0983. The standard InChI is InChI=1S/C23H21NO.C16H15NO.C7H7Br/c1-18(25)22(17-19-11-5-2-6-12-19)24-23(20-13-7-3-8-14-20)21-15-9-4-10-16-21;1-13(18)12-17-16(14-8-4-2-5-9-14)15-10-6-3-7-11-15;8-6-7-4-2-1-3-5-7/h2-16,22H,17H2,1H3;2-11H,12H2,1H3;1-5H,6H2. The number of carbonyl (C=O) groups is 2. The zero-order valence-electron chi connectivity index (χ0n) is 29.1. The average molecular weight is 736 g/mol. The van der Waals surface area contributed by atoms with Crippen molar-refractivity contribution in [2.45, 2.75) is 31.6 Å². The maximum Gasteiger partial charge on any atom is 0.154 e. The van der Waals surface area contributed by atoms with Crippen LogP contribution in [-0.2, 0) is 21.3 Å². The minimum absolute atomic E-state index is 0.0689. The van der Waals surface area contributed by atoms with Gasteiger partial charge in [-0.25, -0.2) is 0 Å². The van der Waals surface area contributed by atoms with E-state index in [2.05, 4.69) is 33.1 Å². The molecule has 0 radical (unpaired) electrons. The molecule has 0 aromatic heterocycles. The maximum absolute atomic E-state index is 12.2. The molecule has 0 bridgehead atoms. The summed E-state index contributed by atoms with van der Waals surface area (Å²) in [5, 5.41) is 0.952. The monoisotopic (exact) mass is 734 g/mol. The van der Waals surface area contributed by atoms with Crippen molar-refractivity contribution in [1.82, 2.24) is 0 Å². The number of hydrogen-bond donors (Lipinski definition) is 0. The van der Waals surface area contributed by atoms with Crippen LogP contribution in [0.25, 0.3) is 0 Å². The van der Waals surface area contributed by atoms with Gasteiger partial charge >= 0.3 is 0 Å². The lowest BCUT2D eigenvalue weighted by Crippen LogP contribution is -2.21. The van der Waals surface area contributed by atoms with Crippen LogP contribution in [0.2, 0.25) is 0 Å². The van der Waals surface area contributed by atoms with Crippen molar-refractivity contribution in [1.29, 1.82) is 0 Å². The van der Waals surface area contributed by atoms with E-state index in [4.69, 9.17) is 4.99 Å². The molecule has 0 saturated heterocycles. The number of halogens is 1. The van der Waals surface area contributed by atoms with Crippen molar-refractivity contribution in [2.75, 3.05) is 6.54 Å². The fourth-order valence-corrected chi connectivity index (χ4v) is 5.45. The summed E-state index contributed by atoms with van der Waals surface area (Å²) in [6.07, 6.45) is 0.610. The predicted molar refractivity (Wildman–Crippen MR) is 216 cm³/mol. The summed E-state index contributed by atoms with van der Waals surface area (Å²) < 4.78 is 0. The van der Waals surface area contributed by atoms with Crippen LogP contribution in [0.4, 0.5) is 0 Å². The molecule has 51 heavy (non-hydrogen) atoms. The molecule has 0 fully saturated rings. The van der Waals surface area contributed by atoms with Crippen molar-refractivity contribution in [2.24, 2.45) is 9.98 Å². The van der Waals surface area contributed by atoms with E-state index in [9.17, 15) is 9.59 Å². The molecule has 1 unspecified atom stereocenters. The van der Waals surface area contributed by atoms with Crippen molar-refractivity contribution >= 4 is 38.9 Å². The van der Waals surface area contributed by atoms with Crippen LogP contribution >= 0.6 is 15.9 Å². The van der Waals surface area contributed by atoms with E-state index in [-0.39, 0.29) is 18.1 Å². The SMILES string of the molecule is BrCc1ccccc1.CC(=O)C(Cc1ccccc1)N=C(c1ccccc1)c1ccccc1.CC(=O)CN=C(c1ccccc1)c1ccccc1. The number of alkyl halides is 1. The van der Waals surface area contributed by atoms with Gasteiger partial charge in [0.1, 0.15) is 6.04 Å². The molecule has 0 aliphatic heterocycles. The average Bonchev–Trinajstić information content (AvgIpc) is 3.19. The maximum atomic E-state index is 12.2. The van der Waals surface area contributed by atoms with E-state index >= 15 is 0 Å². The Labute approximate surface area is 310 Å². The highest BCUT2D eigenvalue weighted by Gasteiger charge is 2.17. The second kappa shape index (κ2) is 21.5. The summed E-state index contributed by atoms with van der Waals surface area (Å²) in [7, 11) is 0. The summed E-state index contributed by atoms with van der Waals surface area (Å²) in [5.41, 5.74) is 8.28. The lowest BCUT2D eigenvalue weighted by Gasteiger charge is -2.14. The minimum Gasteiger partial charge on any atom is -0.298 e. The smallest absolute Gasteiger partial charge is 0.154 e. The molecule has 0 N–H and O–H groups in total. The fraction of sp³-hybridized carbons (Fsp3) is 0.130. The number of hydrogen-bond acceptors (Lipinski definition) is 4. The molecule has 4 nitrogen and oxygen atoms in total. The van der Waals surface area contributed by atoms with Gasteiger partial charge in [0.15, 0.2) is 11.6 Å². The first-order valence-corrected chi connectivity index (χ1v) is 18.0. The topological polar surface area (TPSA) is 58.9 Å². The molecule has 256 valence electrons. The Hall–Kier alpha value is -5.52. The van der Waals surface area contributed by atoms with E-state index in [0.29, 0.717) is 6.42 Å². The normalized spacial score (nSPS) is 10.6. The van der Waals surface area contributed by atoms with Crippen molar-refractivity contribution < 1.29 is 9.59 Å². The highest BCUT2D eigenvalue weighted by molar-refractivity contribution is 9.08. The molecule has 0 aliphatic carbocycles. The van der Waals surface area contributed by atoms with Gasteiger partial charge < -0.3 is 0 Å². The largest absolute Gasteiger partial charge is 0.298 e. The number of Topliss-reactive ketones (excluding diaryl/α,β-unsaturated/α-hetero) is 2. The lowest BCUT2D eigenvalue weighted by atomic mass is 9.99. The summed E-state index contributed by atoms with van der Waals surface area (Å²) >= 11 is 3.36. The number of ketones is 2. The lowest BCUT2D eigenvalue weighted by molar-refractivity contribution is -0.118. The highest BCUT2D eigenvalue weighted by Crippen LogP contribution is 2.15. The molecule has 6 rings (SSSR count). The van der Waals surface area contributed by atoms with E-state index < -0.39 is 6.04 Å². The molecular formula is C46H43BrN2O2. The van der Waals surface area contributed by atoms with Crippen LogP contribution in [0, 0.1) is 0 Å². The number of nitrogens with zero attached hydrogens (tertiary/aromatic N) is 2. The number of aliphatic imine (C=N–C) groups is 2. The van der Waals surface area contributed by atoms with Gasteiger partial charge in [0.05, 0.1) is 18.0 Å². The Bertz CT molecular complexity index is 1860. The first-order chi connectivity index (χ1) is 24.9. The van der Waals surface area contributed by atoms with Gasteiger partial charge in [-0.1, -0.05) is 198 Å². The van der Waals surface area contributed by atoms with Gasteiger partial charge in [-0.3, -0.25) is 19.6 Å². The summed E-state index contributed by atoms with van der Waals surface area (Å²) in [6, 6.07) is 59.9. The molecule has 0 aliphatic rings. The number of benzene rings is 6. The summed E-state index contributed by atoms with van der Waals surface area (Å²) in [6.45, 7) is 3.39. The summed E-state index contributed by atoms with van der Waals surface area (Å²) in [5.74, 6) is 0.146. The van der Waals surface area contributed by atoms with Crippen LogP contribution in [0.15, 0.2) is 192 Å². The zero-order valence-corrected chi connectivity index (χ0v) is 30.7. The van der Waals surface area contributed by atoms with E-state index in [1.54, 1.807) is 13.8 Å². The van der Waals surface area contributed by atoms with Crippen molar-refractivity contribution in [3.63, 3.8) is 0 Å². The van der Waals surface area contributed by atoms with E-state index in [1.165, 1.54) is 5.56 Å². The highest BCUT2D eigenvalue weighted by atomic mass is 79.9. The van der Waals surface area contributed by atoms with Crippen LogP contribution in [0.3, 0.4) is 0 Å². The molecule has 0 saturated carbocycles. The Morgan fingerprint density at radius 3 is 1.14 bits per heavy atom. The summed E-state index contributed by atoms with van der Waals surface area (Å²) in [4.78, 5) is 32.7. The molecule has 0 amide bonds. The molecular weight excluding hydrogens is 692 g/mol. The molecule has 0 spiro atoms. The Kier molecular flexibility index (Phi) is 16.2. The van der Waals surface area contributed by atoms with Crippen LogP contribution in [-0.4, -0.2) is 35.6 Å². The Balaban J connectivity index is 0.000000194. The zero-order chi connectivity index (χ0) is 36.1. The molecule has 6 aromatic carbocycles. The molecule has 1 atom stereocenters. The number of carbonyl (C=O) groups excluding carboxylic acids is 2. The number of rotatable bonds is 11. The minimum atomic E-state index is -0.391. The van der Waals surface area contributed by atoms with E-state index in [1.807, 2.05) is 170 Å². The third-order valence-corrected chi connectivity index (χ3v) is 8.32. The van der Waals surface area contributed by atoms with Gasteiger partial charge in [0.25, 0.3) is 0 Å². The van der Waals surface area contributed by atoms with Gasteiger partial charge in [0, 0.05) is 34.0 Å². The second-order valence-corrected chi connectivity index (χ2v) is 12.3. The van der Waals surface area contributed by atoms with Crippen molar-refractivity contribution in [3.05, 3.63) is 215 Å². The van der Waals surface area contributed by atoms with E-state index in [0.717, 1.165) is 44.6 Å². The third-order valence-electron chi connectivity index (χ3n) is 7.67. The van der Waals surface area contributed by atoms with Gasteiger partial charge in [0.2, 0.25) is 0 Å². The first-order valence-electron chi connectivity index (χ1n) is 16.9. The first kappa shape index (κ1) is 38.3. The fourth-order valence-electron chi connectivity index (χ4n) is 5.08. The molecule has 5 heteroatoms. The van der Waals surface area contributed by atoms with Gasteiger partial charge in [-0.05, 0) is 25.0 Å². The van der Waals surface area contributed by atoms with Crippen molar-refractivity contribution in [3.8, 4) is 0 Å². The molecule has 6 aromatic rings. The van der Waals surface area contributed by atoms with Crippen LogP contribution in [0.1, 0.15) is 47.2 Å². The predicted octanol–water partition coefficient (Wildman–Crippen LogP) is 10.4. The Morgan fingerprint density at radius 2 is 0.824 bits per heavy atom. The molecule has 0 heterocycles. The van der Waals surface area contributed by atoms with Gasteiger partial charge in [-0.2, -0.15) is 0 Å². The third kappa shape index (κ3) is 13.4. The van der Waals surface area contributed by atoms with Crippen LogP contribution < -0.4 is 0 Å².